The first kappa shape index (κ1) is 8.49. The SMILES string of the molecule is Cc1cccc(C2(C=O)CCC2)c1. The third-order valence-electron chi connectivity index (χ3n) is 3.06. The largest absolute Gasteiger partial charge is 0.302 e. The van der Waals surface area contributed by atoms with E-state index in [1.165, 1.54) is 17.5 Å². The fraction of sp³-hybridized carbons (Fsp3) is 0.417. The zero-order valence-electron chi connectivity index (χ0n) is 7.92. The fourth-order valence-electron chi connectivity index (χ4n) is 1.99. The molecule has 0 saturated heterocycles. The molecule has 0 N–H and O–H groups in total. The Morgan fingerprint density at radius 1 is 1.38 bits per heavy atom. The van der Waals surface area contributed by atoms with Crippen molar-refractivity contribution in [3.8, 4) is 0 Å². The van der Waals surface area contributed by atoms with Crippen LogP contribution in [0, 0.1) is 6.92 Å². The highest BCUT2D eigenvalue weighted by atomic mass is 16.1. The summed E-state index contributed by atoms with van der Waals surface area (Å²) in [4.78, 5) is 11.0. The average molecular weight is 174 g/mol. The van der Waals surface area contributed by atoms with Crippen molar-refractivity contribution in [2.75, 3.05) is 0 Å². The molecule has 1 heteroatoms. The molecule has 0 aromatic heterocycles. The number of hydrogen-bond acceptors (Lipinski definition) is 1. The Morgan fingerprint density at radius 2 is 2.15 bits per heavy atom. The standard InChI is InChI=1S/C12H14O/c1-10-4-2-5-11(8-10)12(9-13)6-3-7-12/h2,4-5,8-9H,3,6-7H2,1H3. The molecule has 0 radical (unpaired) electrons. The Labute approximate surface area is 78.8 Å². The summed E-state index contributed by atoms with van der Waals surface area (Å²) in [5.41, 5.74) is 2.31. The highest BCUT2D eigenvalue weighted by Gasteiger charge is 2.38. The van der Waals surface area contributed by atoms with Crippen LogP contribution in [0.3, 0.4) is 0 Å². The number of rotatable bonds is 2. The average Bonchev–Trinajstić information content (AvgIpc) is 2.03. The van der Waals surface area contributed by atoms with Gasteiger partial charge in [0, 0.05) is 0 Å². The smallest absolute Gasteiger partial charge is 0.130 e. The topological polar surface area (TPSA) is 17.1 Å². The second kappa shape index (κ2) is 2.99. The number of aldehydes is 1. The molecule has 1 fully saturated rings. The molecule has 1 nitrogen and oxygen atoms in total. The third kappa shape index (κ3) is 1.28. The molecule has 1 aromatic rings. The molecule has 13 heavy (non-hydrogen) atoms. The van der Waals surface area contributed by atoms with Crippen molar-refractivity contribution in [3.05, 3.63) is 35.4 Å². The predicted molar refractivity (Wildman–Crippen MR) is 52.8 cm³/mol. The molecule has 0 spiro atoms. The van der Waals surface area contributed by atoms with E-state index in [4.69, 9.17) is 0 Å². The molecule has 0 bridgehead atoms. The minimum absolute atomic E-state index is 0.133. The normalized spacial score (nSPS) is 19.2. The molecule has 0 amide bonds. The van der Waals surface area contributed by atoms with Crippen LogP contribution in [0.5, 0.6) is 0 Å². The number of carbonyl (C=O) groups excluding carboxylic acids is 1. The van der Waals surface area contributed by atoms with Gasteiger partial charge in [-0.1, -0.05) is 36.2 Å². The maximum absolute atomic E-state index is 11.0. The van der Waals surface area contributed by atoms with E-state index in [2.05, 4.69) is 25.1 Å². The molecular formula is C12H14O. The van der Waals surface area contributed by atoms with Gasteiger partial charge in [-0.3, -0.25) is 0 Å². The summed E-state index contributed by atoms with van der Waals surface area (Å²) in [5, 5.41) is 0. The van der Waals surface area contributed by atoms with Crippen LogP contribution < -0.4 is 0 Å². The van der Waals surface area contributed by atoms with Gasteiger partial charge >= 0.3 is 0 Å². The molecule has 0 unspecified atom stereocenters. The first-order valence-corrected chi connectivity index (χ1v) is 4.80. The van der Waals surface area contributed by atoms with Gasteiger partial charge in [-0.15, -0.1) is 0 Å². The summed E-state index contributed by atoms with van der Waals surface area (Å²) in [6.45, 7) is 2.07. The Balaban J connectivity index is 2.38. The second-order valence-electron chi connectivity index (χ2n) is 4.00. The van der Waals surface area contributed by atoms with Crippen LogP contribution in [0.25, 0.3) is 0 Å². The molecule has 0 aliphatic heterocycles. The van der Waals surface area contributed by atoms with Crippen LogP contribution in [0.4, 0.5) is 0 Å². The van der Waals surface area contributed by atoms with E-state index in [9.17, 15) is 4.79 Å². The van der Waals surface area contributed by atoms with Crippen molar-refractivity contribution in [1.82, 2.24) is 0 Å². The van der Waals surface area contributed by atoms with Crippen molar-refractivity contribution in [2.45, 2.75) is 31.6 Å². The van der Waals surface area contributed by atoms with Gasteiger partial charge in [-0.05, 0) is 25.3 Å². The van der Waals surface area contributed by atoms with E-state index in [0.29, 0.717) is 0 Å². The lowest BCUT2D eigenvalue weighted by Gasteiger charge is -2.37. The van der Waals surface area contributed by atoms with Gasteiger partial charge in [-0.2, -0.15) is 0 Å². The summed E-state index contributed by atoms with van der Waals surface area (Å²) < 4.78 is 0. The van der Waals surface area contributed by atoms with Crippen LogP contribution in [-0.2, 0) is 10.2 Å². The summed E-state index contributed by atoms with van der Waals surface area (Å²) in [7, 11) is 0. The van der Waals surface area contributed by atoms with Crippen LogP contribution in [0.2, 0.25) is 0 Å². The van der Waals surface area contributed by atoms with Crippen molar-refractivity contribution in [3.63, 3.8) is 0 Å². The predicted octanol–water partition coefficient (Wildman–Crippen LogP) is 2.62. The molecule has 0 atom stereocenters. The molecule has 0 heterocycles. The lowest BCUT2D eigenvalue weighted by molar-refractivity contribution is -0.115. The van der Waals surface area contributed by atoms with Crippen LogP contribution in [-0.4, -0.2) is 6.29 Å². The maximum atomic E-state index is 11.0. The second-order valence-corrected chi connectivity index (χ2v) is 4.00. The van der Waals surface area contributed by atoms with Crippen molar-refractivity contribution < 1.29 is 4.79 Å². The van der Waals surface area contributed by atoms with Gasteiger partial charge in [0.1, 0.15) is 6.29 Å². The highest BCUT2D eigenvalue weighted by molar-refractivity contribution is 5.70. The van der Waals surface area contributed by atoms with E-state index in [1.54, 1.807) is 0 Å². The number of aryl methyl sites for hydroxylation is 1. The Bertz CT molecular complexity index is 324. The maximum Gasteiger partial charge on any atom is 0.130 e. The molecule has 1 aliphatic rings. The summed E-state index contributed by atoms with van der Waals surface area (Å²) in [6, 6.07) is 8.31. The lowest BCUT2D eigenvalue weighted by atomic mass is 9.65. The lowest BCUT2D eigenvalue weighted by Crippen LogP contribution is -2.35. The van der Waals surface area contributed by atoms with E-state index < -0.39 is 0 Å². The Kier molecular flexibility index (Phi) is 1.95. The zero-order chi connectivity index (χ0) is 9.31. The van der Waals surface area contributed by atoms with Gasteiger partial charge in [0.05, 0.1) is 5.41 Å². The number of carbonyl (C=O) groups is 1. The van der Waals surface area contributed by atoms with E-state index >= 15 is 0 Å². The van der Waals surface area contributed by atoms with Gasteiger partial charge in [0.25, 0.3) is 0 Å². The summed E-state index contributed by atoms with van der Waals surface area (Å²) in [5.74, 6) is 0. The molecule has 1 aliphatic carbocycles. The zero-order valence-corrected chi connectivity index (χ0v) is 7.92. The minimum atomic E-state index is -0.133. The van der Waals surface area contributed by atoms with Crippen molar-refractivity contribution >= 4 is 6.29 Å². The van der Waals surface area contributed by atoms with Crippen molar-refractivity contribution in [2.24, 2.45) is 0 Å². The van der Waals surface area contributed by atoms with E-state index in [1.807, 2.05) is 6.07 Å². The third-order valence-corrected chi connectivity index (χ3v) is 3.06. The first-order valence-electron chi connectivity index (χ1n) is 4.80. The summed E-state index contributed by atoms with van der Waals surface area (Å²) in [6.07, 6.45) is 4.37. The van der Waals surface area contributed by atoms with Gasteiger partial charge < -0.3 is 4.79 Å². The van der Waals surface area contributed by atoms with Crippen LogP contribution in [0.15, 0.2) is 24.3 Å². The molecule has 2 rings (SSSR count). The molecular weight excluding hydrogens is 160 g/mol. The van der Waals surface area contributed by atoms with Gasteiger partial charge in [0.2, 0.25) is 0 Å². The number of benzene rings is 1. The summed E-state index contributed by atoms with van der Waals surface area (Å²) >= 11 is 0. The number of hydrogen-bond donors (Lipinski definition) is 0. The molecule has 1 aromatic carbocycles. The minimum Gasteiger partial charge on any atom is -0.302 e. The van der Waals surface area contributed by atoms with Gasteiger partial charge in [-0.25, -0.2) is 0 Å². The highest BCUT2D eigenvalue weighted by Crippen LogP contribution is 2.41. The van der Waals surface area contributed by atoms with Crippen molar-refractivity contribution in [1.29, 1.82) is 0 Å². The first-order chi connectivity index (χ1) is 6.27. The molecule has 1 saturated carbocycles. The van der Waals surface area contributed by atoms with Crippen LogP contribution in [0.1, 0.15) is 30.4 Å². The van der Waals surface area contributed by atoms with E-state index in [0.717, 1.165) is 19.1 Å². The fourth-order valence-corrected chi connectivity index (χ4v) is 1.99. The molecule has 68 valence electrons. The Morgan fingerprint density at radius 3 is 2.62 bits per heavy atom. The quantitative estimate of drug-likeness (QED) is 0.630. The van der Waals surface area contributed by atoms with Crippen LogP contribution >= 0.6 is 0 Å². The van der Waals surface area contributed by atoms with Gasteiger partial charge in [0.15, 0.2) is 0 Å². The Hall–Kier alpha value is -1.11. The van der Waals surface area contributed by atoms with E-state index in [-0.39, 0.29) is 5.41 Å². The monoisotopic (exact) mass is 174 g/mol.